The van der Waals surface area contributed by atoms with Crippen LogP contribution in [0.15, 0.2) is 12.1 Å². The van der Waals surface area contributed by atoms with E-state index in [1.807, 2.05) is 6.92 Å². The number of carboxylic acids is 1. The smallest absolute Gasteiger partial charge is 0.335 e. The molecule has 4 heteroatoms. The summed E-state index contributed by atoms with van der Waals surface area (Å²) >= 11 is 0. The number of rotatable bonds is 4. The average Bonchev–Trinajstić information content (AvgIpc) is 2.23. The Morgan fingerprint density at radius 2 is 2.31 bits per heavy atom. The summed E-state index contributed by atoms with van der Waals surface area (Å²) in [6.45, 7) is 1.95. The highest BCUT2D eigenvalue weighted by molar-refractivity contribution is 5.88. The summed E-state index contributed by atoms with van der Waals surface area (Å²) in [6, 6.07) is 3.09. The van der Waals surface area contributed by atoms with Crippen molar-refractivity contribution in [3.05, 3.63) is 23.4 Å². The van der Waals surface area contributed by atoms with Gasteiger partial charge in [-0.05, 0) is 31.7 Å². The zero-order valence-electron chi connectivity index (χ0n) is 9.27. The van der Waals surface area contributed by atoms with E-state index in [0.717, 1.165) is 18.5 Å². The standard InChI is InChI=1S/C12H15NO3/c1-2-9-6-8(12(14)15)7-11(13-9)16-10-4-3-5-10/h6-7,10H,2-5H2,1H3,(H,14,15). The first kappa shape index (κ1) is 10.9. The molecule has 16 heavy (non-hydrogen) atoms. The molecule has 1 aromatic heterocycles. The minimum Gasteiger partial charge on any atom is -0.478 e. The van der Waals surface area contributed by atoms with Crippen molar-refractivity contribution in [1.29, 1.82) is 0 Å². The topological polar surface area (TPSA) is 59.4 Å². The van der Waals surface area contributed by atoms with Crippen LogP contribution in [0, 0.1) is 0 Å². The zero-order valence-corrected chi connectivity index (χ0v) is 9.27. The van der Waals surface area contributed by atoms with Crippen LogP contribution in [0.5, 0.6) is 5.88 Å². The van der Waals surface area contributed by atoms with Gasteiger partial charge in [-0.25, -0.2) is 9.78 Å². The van der Waals surface area contributed by atoms with Gasteiger partial charge in [-0.3, -0.25) is 0 Å². The summed E-state index contributed by atoms with van der Waals surface area (Å²) < 4.78 is 5.61. The van der Waals surface area contributed by atoms with E-state index in [9.17, 15) is 4.79 Å². The quantitative estimate of drug-likeness (QED) is 0.847. The largest absolute Gasteiger partial charge is 0.478 e. The van der Waals surface area contributed by atoms with Gasteiger partial charge in [0.2, 0.25) is 5.88 Å². The van der Waals surface area contributed by atoms with E-state index in [1.165, 1.54) is 12.5 Å². The molecule has 0 bridgehead atoms. The maximum Gasteiger partial charge on any atom is 0.335 e. The third-order valence-electron chi connectivity index (χ3n) is 2.80. The fourth-order valence-electron chi connectivity index (χ4n) is 1.58. The second kappa shape index (κ2) is 4.51. The van der Waals surface area contributed by atoms with Crippen molar-refractivity contribution < 1.29 is 14.6 Å². The van der Waals surface area contributed by atoms with Crippen LogP contribution in [0.1, 0.15) is 42.2 Å². The van der Waals surface area contributed by atoms with Gasteiger partial charge in [-0.15, -0.1) is 0 Å². The van der Waals surface area contributed by atoms with E-state index in [0.29, 0.717) is 12.3 Å². The van der Waals surface area contributed by atoms with Gasteiger partial charge in [0, 0.05) is 11.8 Å². The van der Waals surface area contributed by atoms with Gasteiger partial charge in [0.1, 0.15) is 6.10 Å². The molecule has 1 fully saturated rings. The van der Waals surface area contributed by atoms with Crippen LogP contribution < -0.4 is 4.74 Å². The van der Waals surface area contributed by atoms with E-state index < -0.39 is 5.97 Å². The van der Waals surface area contributed by atoms with Crippen LogP contribution in [-0.4, -0.2) is 22.2 Å². The van der Waals surface area contributed by atoms with E-state index in [4.69, 9.17) is 9.84 Å². The lowest BCUT2D eigenvalue weighted by Gasteiger charge is -2.25. The van der Waals surface area contributed by atoms with Crippen LogP contribution in [0.3, 0.4) is 0 Å². The highest BCUT2D eigenvalue weighted by Crippen LogP contribution is 2.24. The molecule has 0 aromatic carbocycles. The van der Waals surface area contributed by atoms with Gasteiger partial charge in [-0.2, -0.15) is 0 Å². The number of nitrogens with zero attached hydrogens (tertiary/aromatic N) is 1. The second-order valence-electron chi connectivity index (χ2n) is 4.01. The number of carbonyl (C=O) groups is 1. The summed E-state index contributed by atoms with van der Waals surface area (Å²) in [5.74, 6) is -0.489. The first-order valence-electron chi connectivity index (χ1n) is 5.60. The lowest BCUT2D eigenvalue weighted by molar-refractivity contribution is 0.0693. The van der Waals surface area contributed by atoms with Crippen molar-refractivity contribution in [1.82, 2.24) is 4.98 Å². The van der Waals surface area contributed by atoms with Crippen molar-refractivity contribution in [2.45, 2.75) is 38.7 Å². The Balaban J connectivity index is 2.21. The minimum atomic E-state index is -0.935. The third-order valence-corrected chi connectivity index (χ3v) is 2.80. The molecule has 0 unspecified atom stereocenters. The molecule has 0 atom stereocenters. The Labute approximate surface area is 94.3 Å². The summed E-state index contributed by atoms with van der Waals surface area (Å²) in [4.78, 5) is 15.2. The number of hydrogen-bond acceptors (Lipinski definition) is 3. The average molecular weight is 221 g/mol. The third kappa shape index (κ3) is 2.32. The molecule has 0 spiro atoms. The van der Waals surface area contributed by atoms with E-state index in [2.05, 4.69) is 4.98 Å². The van der Waals surface area contributed by atoms with E-state index in [1.54, 1.807) is 6.07 Å². The van der Waals surface area contributed by atoms with Gasteiger partial charge in [0.25, 0.3) is 0 Å². The highest BCUT2D eigenvalue weighted by Gasteiger charge is 2.20. The maximum absolute atomic E-state index is 10.9. The Bertz CT molecular complexity index is 399. The molecule has 86 valence electrons. The Morgan fingerprint density at radius 1 is 1.56 bits per heavy atom. The van der Waals surface area contributed by atoms with Crippen molar-refractivity contribution in [3.63, 3.8) is 0 Å². The fraction of sp³-hybridized carbons (Fsp3) is 0.500. The fourth-order valence-corrected chi connectivity index (χ4v) is 1.58. The van der Waals surface area contributed by atoms with Gasteiger partial charge >= 0.3 is 5.97 Å². The summed E-state index contributed by atoms with van der Waals surface area (Å²) in [5, 5.41) is 8.95. The molecule has 1 heterocycles. The predicted octanol–water partition coefficient (Wildman–Crippen LogP) is 2.27. The van der Waals surface area contributed by atoms with Crippen LogP contribution in [0.25, 0.3) is 0 Å². The normalized spacial score (nSPS) is 15.6. The first-order chi connectivity index (χ1) is 7.69. The molecule has 0 amide bonds. The lowest BCUT2D eigenvalue weighted by Crippen LogP contribution is -2.25. The second-order valence-corrected chi connectivity index (χ2v) is 4.01. The molecule has 2 rings (SSSR count). The number of aryl methyl sites for hydroxylation is 1. The molecule has 1 aliphatic rings. The monoisotopic (exact) mass is 221 g/mol. The van der Waals surface area contributed by atoms with Crippen LogP contribution >= 0.6 is 0 Å². The van der Waals surface area contributed by atoms with Crippen molar-refractivity contribution >= 4 is 5.97 Å². The molecule has 4 nitrogen and oxygen atoms in total. The molecule has 1 aliphatic carbocycles. The van der Waals surface area contributed by atoms with Crippen molar-refractivity contribution in [2.75, 3.05) is 0 Å². The minimum absolute atomic E-state index is 0.223. The van der Waals surface area contributed by atoms with E-state index in [-0.39, 0.29) is 11.7 Å². The summed E-state index contributed by atoms with van der Waals surface area (Å²) in [7, 11) is 0. The number of pyridine rings is 1. The first-order valence-corrected chi connectivity index (χ1v) is 5.60. The zero-order chi connectivity index (χ0) is 11.5. The molecular weight excluding hydrogens is 206 g/mol. The molecule has 0 aliphatic heterocycles. The SMILES string of the molecule is CCc1cc(C(=O)O)cc(OC2CCC2)n1. The van der Waals surface area contributed by atoms with Crippen molar-refractivity contribution in [3.8, 4) is 5.88 Å². The van der Waals surface area contributed by atoms with E-state index >= 15 is 0 Å². The van der Waals surface area contributed by atoms with Gasteiger partial charge in [0.05, 0.1) is 5.56 Å². The summed E-state index contributed by atoms with van der Waals surface area (Å²) in [5.41, 5.74) is 1.01. The number of hydrogen-bond donors (Lipinski definition) is 1. The summed E-state index contributed by atoms with van der Waals surface area (Å²) in [6.07, 6.45) is 4.20. The van der Waals surface area contributed by atoms with Gasteiger partial charge in [0.15, 0.2) is 0 Å². The predicted molar refractivity (Wildman–Crippen MR) is 58.8 cm³/mol. The van der Waals surface area contributed by atoms with Crippen LogP contribution in [0.2, 0.25) is 0 Å². The Kier molecular flexibility index (Phi) is 3.08. The van der Waals surface area contributed by atoms with Gasteiger partial charge in [-0.1, -0.05) is 6.92 Å². The van der Waals surface area contributed by atoms with Crippen molar-refractivity contribution in [2.24, 2.45) is 0 Å². The number of carboxylic acid groups (broad SMARTS) is 1. The highest BCUT2D eigenvalue weighted by atomic mass is 16.5. The Hall–Kier alpha value is -1.58. The van der Waals surface area contributed by atoms with Crippen LogP contribution in [-0.2, 0) is 6.42 Å². The van der Waals surface area contributed by atoms with Gasteiger partial charge < -0.3 is 9.84 Å². The molecule has 0 radical (unpaired) electrons. The van der Waals surface area contributed by atoms with Crippen LogP contribution in [0.4, 0.5) is 0 Å². The molecule has 1 saturated carbocycles. The molecule has 1 aromatic rings. The number of aromatic nitrogens is 1. The molecule has 0 saturated heterocycles. The molecule has 1 N–H and O–H groups in total. The lowest BCUT2D eigenvalue weighted by atomic mass is 9.96. The number of aromatic carboxylic acids is 1. The Morgan fingerprint density at radius 3 is 2.81 bits per heavy atom. The molecular formula is C12H15NO3. The number of ether oxygens (including phenoxy) is 1. The maximum atomic E-state index is 10.9.